The number of aryl methyl sites for hydroxylation is 2. The number of carbonyl (C=O) groups is 2. The van der Waals surface area contributed by atoms with Crippen LogP contribution in [0.15, 0.2) is 42.5 Å². The van der Waals surface area contributed by atoms with Gasteiger partial charge >= 0.3 is 0 Å². The molecule has 1 fully saturated rings. The van der Waals surface area contributed by atoms with Gasteiger partial charge in [-0.2, -0.15) is 0 Å². The molecule has 5 heteroatoms. The highest BCUT2D eigenvalue weighted by molar-refractivity contribution is 5.96. The zero-order valence-corrected chi connectivity index (χ0v) is 16.8. The molecule has 1 aliphatic heterocycles. The fraction of sp³-hybridized carbons (Fsp3) is 0.391. The maximum atomic E-state index is 12.8. The molecule has 1 N–H and O–H groups in total. The van der Waals surface area contributed by atoms with Crippen LogP contribution in [0.3, 0.4) is 0 Å². The summed E-state index contributed by atoms with van der Waals surface area (Å²) in [6, 6.07) is 13.5. The quantitative estimate of drug-likeness (QED) is 0.829. The van der Waals surface area contributed by atoms with Crippen LogP contribution in [0.25, 0.3) is 0 Å². The summed E-state index contributed by atoms with van der Waals surface area (Å²) < 4.78 is 5.38. The molecular weight excluding hydrogens is 352 g/mol. The molecule has 1 aliphatic rings. The second-order valence-electron chi connectivity index (χ2n) is 7.31. The summed E-state index contributed by atoms with van der Waals surface area (Å²) in [6.45, 7) is 7.39. The van der Waals surface area contributed by atoms with Gasteiger partial charge in [0.25, 0.3) is 5.91 Å². The minimum absolute atomic E-state index is 0.00728. The summed E-state index contributed by atoms with van der Waals surface area (Å²) in [7, 11) is 0. The Labute approximate surface area is 166 Å². The van der Waals surface area contributed by atoms with Crippen LogP contribution in [-0.2, 0) is 4.79 Å². The molecule has 148 valence electrons. The van der Waals surface area contributed by atoms with Crippen molar-refractivity contribution in [3.05, 3.63) is 64.7 Å². The average Bonchev–Trinajstić information content (AvgIpc) is 3.16. The van der Waals surface area contributed by atoms with Gasteiger partial charge in [-0.05, 0) is 63.4 Å². The van der Waals surface area contributed by atoms with Gasteiger partial charge in [-0.25, -0.2) is 0 Å². The van der Waals surface area contributed by atoms with E-state index in [0.717, 1.165) is 25.1 Å². The molecule has 2 amide bonds. The van der Waals surface area contributed by atoms with E-state index in [4.69, 9.17) is 4.74 Å². The van der Waals surface area contributed by atoms with E-state index in [9.17, 15) is 9.59 Å². The molecule has 28 heavy (non-hydrogen) atoms. The van der Waals surface area contributed by atoms with Crippen LogP contribution >= 0.6 is 0 Å². The minimum atomic E-state index is -0.251. The number of hydrogen-bond acceptors (Lipinski definition) is 3. The van der Waals surface area contributed by atoms with Gasteiger partial charge in [0.05, 0.1) is 19.2 Å². The number of carbonyl (C=O) groups excluding carboxylic acids is 2. The average molecular weight is 380 g/mol. The molecular formula is C23H28N2O3. The van der Waals surface area contributed by atoms with Gasteiger partial charge in [0.15, 0.2) is 0 Å². The molecule has 0 bridgehead atoms. The van der Waals surface area contributed by atoms with E-state index in [1.807, 2.05) is 11.8 Å². The second kappa shape index (κ2) is 8.91. The fourth-order valence-corrected chi connectivity index (χ4v) is 3.84. The molecule has 0 aromatic heterocycles. The molecule has 3 rings (SSSR count). The van der Waals surface area contributed by atoms with Crippen LogP contribution in [0.5, 0.6) is 5.75 Å². The second-order valence-corrected chi connectivity index (χ2v) is 7.31. The molecule has 0 radical (unpaired) electrons. The monoisotopic (exact) mass is 380 g/mol. The van der Waals surface area contributed by atoms with Crippen molar-refractivity contribution in [1.29, 1.82) is 0 Å². The van der Waals surface area contributed by atoms with Gasteiger partial charge in [-0.1, -0.05) is 29.3 Å². The van der Waals surface area contributed by atoms with Gasteiger partial charge in [-0.3, -0.25) is 9.59 Å². The number of nitrogens with zero attached hydrogens (tertiary/aromatic N) is 1. The Morgan fingerprint density at radius 2 is 1.79 bits per heavy atom. The van der Waals surface area contributed by atoms with E-state index in [1.165, 1.54) is 16.7 Å². The summed E-state index contributed by atoms with van der Waals surface area (Å²) in [6.07, 6.45) is 1.94. The van der Waals surface area contributed by atoms with Crippen molar-refractivity contribution in [1.82, 2.24) is 10.2 Å². The Morgan fingerprint density at radius 1 is 1.11 bits per heavy atom. The van der Waals surface area contributed by atoms with Gasteiger partial charge < -0.3 is 15.0 Å². The highest BCUT2D eigenvalue weighted by Crippen LogP contribution is 2.32. The van der Waals surface area contributed by atoms with Crippen LogP contribution in [0.4, 0.5) is 0 Å². The highest BCUT2D eigenvalue weighted by Gasteiger charge is 2.30. The standard InChI is InChI=1S/C23H28N2O3/c1-4-28-20-9-7-18(8-10-20)23(27)24-15-22(26)25-11-5-6-21(25)19-13-16(2)12-17(3)14-19/h7-10,12-14,21H,4-6,11,15H2,1-3H3,(H,24,27). The SMILES string of the molecule is CCOc1ccc(C(=O)NCC(=O)N2CCCC2c2cc(C)cc(C)c2)cc1. The number of nitrogens with one attached hydrogen (secondary N) is 1. The van der Waals surface area contributed by atoms with E-state index in [-0.39, 0.29) is 24.4 Å². The number of amides is 2. The fourth-order valence-electron chi connectivity index (χ4n) is 3.84. The van der Waals surface area contributed by atoms with Crippen LogP contribution in [0.1, 0.15) is 52.9 Å². The minimum Gasteiger partial charge on any atom is -0.494 e. The number of likely N-dealkylation sites (tertiary alicyclic amines) is 1. The highest BCUT2D eigenvalue weighted by atomic mass is 16.5. The topological polar surface area (TPSA) is 58.6 Å². The summed E-state index contributed by atoms with van der Waals surface area (Å²) in [5.41, 5.74) is 4.11. The van der Waals surface area contributed by atoms with Crippen molar-refractivity contribution in [2.24, 2.45) is 0 Å². The third-order valence-electron chi connectivity index (χ3n) is 5.03. The zero-order valence-electron chi connectivity index (χ0n) is 16.8. The van der Waals surface area contributed by atoms with Gasteiger partial charge in [-0.15, -0.1) is 0 Å². The lowest BCUT2D eigenvalue weighted by Crippen LogP contribution is -2.39. The normalized spacial score (nSPS) is 16.1. The van der Waals surface area contributed by atoms with Crippen molar-refractivity contribution in [2.75, 3.05) is 19.7 Å². The van der Waals surface area contributed by atoms with E-state index in [1.54, 1.807) is 24.3 Å². The first-order valence-corrected chi connectivity index (χ1v) is 9.86. The predicted octanol–water partition coefficient (Wildman–Crippen LogP) is 3.80. The number of benzene rings is 2. The van der Waals surface area contributed by atoms with Gasteiger partial charge in [0, 0.05) is 12.1 Å². The van der Waals surface area contributed by atoms with Crippen LogP contribution in [0.2, 0.25) is 0 Å². The van der Waals surface area contributed by atoms with Crippen molar-refractivity contribution in [3.8, 4) is 5.75 Å². The summed E-state index contributed by atoms with van der Waals surface area (Å²) in [5.74, 6) is 0.433. The lowest BCUT2D eigenvalue weighted by Gasteiger charge is -2.26. The number of rotatable bonds is 6. The maximum absolute atomic E-state index is 12.8. The summed E-state index contributed by atoms with van der Waals surface area (Å²) in [5, 5.41) is 2.75. The molecule has 1 atom stereocenters. The van der Waals surface area contributed by atoms with E-state index in [2.05, 4.69) is 37.4 Å². The van der Waals surface area contributed by atoms with Crippen molar-refractivity contribution >= 4 is 11.8 Å². The number of ether oxygens (including phenoxy) is 1. The first-order chi connectivity index (χ1) is 13.5. The summed E-state index contributed by atoms with van der Waals surface area (Å²) in [4.78, 5) is 27.0. The Morgan fingerprint density at radius 3 is 2.43 bits per heavy atom. The molecule has 0 aliphatic carbocycles. The van der Waals surface area contributed by atoms with Crippen LogP contribution in [0, 0.1) is 13.8 Å². The largest absolute Gasteiger partial charge is 0.494 e. The van der Waals surface area contributed by atoms with E-state index < -0.39 is 0 Å². The molecule has 2 aromatic rings. The third-order valence-corrected chi connectivity index (χ3v) is 5.03. The third kappa shape index (κ3) is 4.71. The van der Waals surface area contributed by atoms with Crippen molar-refractivity contribution in [2.45, 2.75) is 39.7 Å². The molecule has 5 nitrogen and oxygen atoms in total. The lowest BCUT2D eigenvalue weighted by molar-refractivity contribution is -0.131. The zero-order chi connectivity index (χ0) is 20.1. The van der Waals surface area contributed by atoms with Gasteiger partial charge in [0.2, 0.25) is 5.91 Å². The van der Waals surface area contributed by atoms with Crippen molar-refractivity contribution < 1.29 is 14.3 Å². The Kier molecular flexibility index (Phi) is 6.34. The Balaban J connectivity index is 1.61. The first-order valence-electron chi connectivity index (χ1n) is 9.86. The Hall–Kier alpha value is -2.82. The number of hydrogen-bond donors (Lipinski definition) is 1. The Bertz CT molecular complexity index is 825. The molecule has 1 heterocycles. The van der Waals surface area contributed by atoms with Crippen LogP contribution in [-0.4, -0.2) is 36.4 Å². The molecule has 0 spiro atoms. The maximum Gasteiger partial charge on any atom is 0.251 e. The van der Waals surface area contributed by atoms with Gasteiger partial charge in [0.1, 0.15) is 5.75 Å². The van der Waals surface area contributed by atoms with E-state index >= 15 is 0 Å². The molecule has 1 unspecified atom stereocenters. The van der Waals surface area contributed by atoms with Crippen LogP contribution < -0.4 is 10.1 Å². The smallest absolute Gasteiger partial charge is 0.251 e. The first kappa shape index (κ1) is 19.9. The summed E-state index contributed by atoms with van der Waals surface area (Å²) >= 11 is 0. The van der Waals surface area contributed by atoms with Crippen molar-refractivity contribution in [3.63, 3.8) is 0 Å². The predicted molar refractivity (Wildman–Crippen MR) is 110 cm³/mol. The lowest BCUT2D eigenvalue weighted by atomic mass is 9.99. The van der Waals surface area contributed by atoms with E-state index in [0.29, 0.717) is 12.2 Å². The molecule has 2 aromatic carbocycles. The molecule has 1 saturated heterocycles. The molecule has 0 saturated carbocycles.